The van der Waals surface area contributed by atoms with Gasteiger partial charge in [0.05, 0.1) is 6.04 Å². The minimum absolute atomic E-state index is 0.164. The Bertz CT molecular complexity index is 534. The fraction of sp³-hybridized carbons (Fsp3) is 0.385. The topological polar surface area (TPSA) is 58.4 Å². The smallest absolute Gasteiger partial charge is 0.273 e. The van der Waals surface area contributed by atoms with Crippen molar-refractivity contribution in [3.63, 3.8) is 0 Å². The first-order chi connectivity index (χ1) is 9.08. The van der Waals surface area contributed by atoms with Gasteiger partial charge in [-0.05, 0) is 32.5 Å². The van der Waals surface area contributed by atoms with Gasteiger partial charge in [-0.1, -0.05) is 11.2 Å². The Morgan fingerprint density at radius 2 is 2.37 bits per heavy atom. The van der Waals surface area contributed by atoms with E-state index in [4.69, 9.17) is 4.52 Å². The molecule has 0 unspecified atom stereocenters. The van der Waals surface area contributed by atoms with E-state index in [9.17, 15) is 4.79 Å². The van der Waals surface area contributed by atoms with Crippen LogP contribution in [0.2, 0.25) is 0 Å². The fourth-order valence-electron chi connectivity index (χ4n) is 1.77. The summed E-state index contributed by atoms with van der Waals surface area (Å²) in [6.45, 7) is 2.30. The molecule has 0 saturated heterocycles. The molecule has 2 rings (SSSR count). The van der Waals surface area contributed by atoms with Crippen LogP contribution in [0.1, 0.15) is 27.2 Å². The van der Waals surface area contributed by atoms with E-state index in [-0.39, 0.29) is 11.9 Å². The van der Waals surface area contributed by atoms with Crippen LogP contribution in [0.25, 0.3) is 0 Å². The van der Waals surface area contributed by atoms with E-state index >= 15 is 0 Å². The van der Waals surface area contributed by atoms with Crippen molar-refractivity contribution in [2.24, 2.45) is 0 Å². The van der Waals surface area contributed by atoms with Crippen LogP contribution in [-0.4, -0.2) is 36.6 Å². The SMILES string of the molecule is Cc1cc(C(=O)NC[C@@H](c2cccs2)N(C)C)no1. The molecule has 0 spiro atoms. The highest BCUT2D eigenvalue weighted by Gasteiger charge is 2.18. The van der Waals surface area contributed by atoms with Crippen molar-refractivity contribution >= 4 is 17.2 Å². The van der Waals surface area contributed by atoms with Crippen LogP contribution in [0.5, 0.6) is 0 Å². The second kappa shape index (κ2) is 5.99. The van der Waals surface area contributed by atoms with E-state index in [2.05, 4.69) is 21.4 Å². The molecule has 0 aliphatic carbocycles. The monoisotopic (exact) mass is 279 g/mol. The number of amides is 1. The van der Waals surface area contributed by atoms with Crippen molar-refractivity contribution < 1.29 is 9.32 Å². The number of aryl methyl sites for hydroxylation is 1. The lowest BCUT2D eigenvalue weighted by atomic mass is 10.2. The molecule has 1 atom stereocenters. The molecular formula is C13H17N3O2S. The third-order valence-electron chi connectivity index (χ3n) is 2.81. The molecule has 0 saturated carbocycles. The van der Waals surface area contributed by atoms with Gasteiger partial charge in [0, 0.05) is 17.5 Å². The zero-order chi connectivity index (χ0) is 13.8. The Morgan fingerprint density at radius 3 is 2.89 bits per heavy atom. The molecular weight excluding hydrogens is 262 g/mol. The van der Waals surface area contributed by atoms with Crippen molar-refractivity contribution in [2.75, 3.05) is 20.6 Å². The summed E-state index contributed by atoms with van der Waals surface area (Å²) in [6.07, 6.45) is 0. The van der Waals surface area contributed by atoms with Gasteiger partial charge in [-0.25, -0.2) is 0 Å². The van der Waals surface area contributed by atoms with E-state index in [0.29, 0.717) is 18.0 Å². The van der Waals surface area contributed by atoms with Crippen molar-refractivity contribution in [3.05, 3.63) is 39.9 Å². The molecule has 0 fully saturated rings. The van der Waals surface area contributed by atoms with E-state index in [1.807, 2.05) is 25.5 Å². The van der Waals surface area contributed by atoms with Gasteiger partial charge in [-0.3, -0.25) is 4.79 Å². The van der Waals surface area contributed by atoms with Crippen molar-refractivity contribution in [3.8, 4) is 0 Å². The summed E-state index contributed by atoms with van der Waals surface area (Å²) in [5.74, 6) is 0.424. The zero-order valence-corrected chi connectivity index (χ0v) is 12.0. The predicted octanol–water partition coefficient (Wildman–Crippen LogP) is 2.08. The molecule has 5 nitrogen and oxygen atoms in total. The molecule has 0 aliphatic heterocycles. The molecule has 0 aliphatic rings. The molecule has 6 heteroatoms. The van der Waals surface area contributed by atoms with Crippen LogP contribution in [0.15, 0.2) is 28.1 Å². The number of hydrogen-bond donors (Lipinski definition) is 1. The largest absolute Gasteiger partial charge is 0.361 e. The molecule has 0 aromatic carbocycles. The van der Waals surface area contributed by atoms with Gasteiger partial charge < -0.3 is 14.7 Å². The maximum atomic E-state index is 11.9. The van der Waals surface area contributed by atoms with E-state index in [0.717, 1.165) is 0 Å². The quantitative estimate of drug-likeness (QED) is 0.910. The van der Waals surface area contributed by atoms with Gasteiger partial charge in [-0.15, -0.1) is 11.3 Å². The van der Waals surface area contributed by atoms with Gasteiger partial charge in [-0.2, -0.15) is 0 Å². The van der Waals surface area contributed by atoms with Crippen LogP contribution >= 0.6 is 11.3 Å². The second-order valence-electron chi connectivity index (χ2n) is 4.53. The number of hydrogen-bond acceptors (Lipinski definition) is 5. The predicted molar refractivity (Wildman–Crippen MR) is 74.3 cm³/mol. The number of nitrogens with zero attached hydrogens (tertiary/aromatic N) is 2. The highest BCUT2D eigenvalue weighted by atomic mass is 32.1. The van der Waals surface area contributed by atoms with Gasteiger partial charge >= 0.3 is 0 Å². The summed E-state index contributed by atoms with van der Waals surface area (Å²) in [4.78, 5) is 15.2. The normalized spacial score (nSPS) is 12.6. The Balaban J connectivity index is 1.98. The van der Waals surface area contributed by atoms with Crippen LogP contribution in [0, 0.1) is 6.92 Å². The summed E-state index contributed by atoms with van der Waals surface area (Å²) >= 11 is 1.68. The number of likely N-dealkylation sites (N-methyl/N-ethyl adjacent to an activating group) is 1. The Morgan fingerprint density at radius 1 is 1.58 bits per heavy atom. The number of aromatic nitrogens is 1. The van der Waals surface area contributed by atoms with Crippen LogP contribution < -0.4 is 5.32 Å². The Labute approximate surface area is 116 Å². The van der Waals surface area contributed by atoms with Crippen molar-refractivity contribution in [1.29, 1.82) is 0 Å². The van der Waals surface area contributed by atoms with Crippen LogP contribution in [0.3, 0.4) is 0 Å². The summed E-state index contributed by atoms with van der Waals surface area (Å²) < 4.78 is 4.89. The third-order valence-corrected chi connectivity index (χ3v) is 3.79. The average molecular weight is 279 g/mol. The minimum Gasteiger partial charge on any atom is -0.361 e. The Kier molecular flexibility index (Phi) is 4.34. The number of thiophene rings is 1. The summed E-state index contributed by atoms with van der Waals surface area (Å²) in [6, 6.07) is 5.88. The minimum atomic E-state index is -0.208. The first kappa shape index (κ1) is 13.8. The van der Waals surface area contributed by atoms with Crippen LogP contribution in [-0.2, 0) is 0 Å². The number of carbonyl (C=O) groups excluding carboxylic acids is 1. The van der Waals surface area contributed by atoms with Gasteiger partial charge in [0.1, 0.15) is 5.76 Å². The highest BCUT2D eigenvalue weighted by molar-refractivity contribution is 7.10. The van der Waals surface area contributed by atoms with Crippen molar-refractivity contribution in [1.82, 2.24) is 15.4 Å². The lowest BCUT2D eigenvalue weighted by Gasteiger charge is -2.23. The maximum absolute atomic E-state index is 11.9. The fourth-order valence-corrected chi connectivity index (χ4v) is 2.69. The second-order valence-corrected chi connectivity index (χ2v) is 5.51. The maximum Gasteiger partial charge on any atom is 0.273 e. The van der Waals surface area contributed by atoms with Gasteiger partial charge in [0.2, 0.25) is 0 Å². The summed E-state index contributed by atoms with van der Waals surface area (Å²) in [7, 11) is 3.99. The van der Waals surface area contributed by atoms with Gasteiger partial charge in [0.25, 0.3) is 5.91 Å². The Hall–Kier alpha value is -1.66. The lowest BCUT2D eigenvalue weighted by Crippen LogP contribution is -2.34. The molecule has 1 amide bonds. The average Bonchev–Trinajstić information content (AvgIpc) is 3.00. The van der Waals surface area contributed by atoms with Gasteiger partial charge in [0.15, 0.2) is 5.69 Å². The first-order valence-corrected chi connectivity index (χ1v) is 6.87. The zero-order valence-electron chi connectivity index (χ0n) is 11.2. The number of nitrogens with one attached hydrogen (secondary N) is 1. The van der Waals surface area contributed by atoms with E-state index in [1.165, 1.54) is 4.88 Å². The molecule has 2 aromatic rings. The number of carbonyl (C=O) groups is 1. The summed E-state index contributed by atoms with van der Waals surface area (Å²) in [5, 5.41) is 8.63. The number of rotatable bonds is 5. The summed E-state index contributed by atoms with van der Waals surface area (Å²) in [5.41, 5.74) is 0.321. The molecule has 102 valence electrons. The van der Waals surface area contributed by atoms with Crippen LogP contribution in [0.4, 0.5) is 0 Å². The van der Waals surface area contributed by atoms with E-state index < -0.39 is 0 Å². The highest BCUT2D eigenvalue weighted by Crippen LogP contribution is 2.22. The molecule has 0 bridgehead atoms. The molecule has 19 heavy (non-hydrogen) atoms. The first-order valence-electron chi connectivity index (χ1n) is 5.99. The molecule has 1 N–H and O–H groups in total. The molecule has 0 radical (unpaired) electrons. The molecule has 2 heterocycles. The van der Waals surface area contributed by atoms with E-state index in [1.54, 1.807) is 24.3 Å². The lowest BCUT2D eigenvalue weighted by molar-refractivity contribution is 0.0933. The van der Waals surface area contributed by atoms with Crippen molar-refractivity contribution in [2.45, 2.75) is 13.0 Å². The third kappa shape index (κ3) is 3.42. The standard InChI is InChI=1S/C13H17N3O2S/c1-9-7-10(15-18-9)13(17)14-8-11(16(2)3)12-5-4-6-19-12/h4-7,11H,8H2,1-3H3,(H,14,17)/t11-/m0/s1. The molecule has 2 aromatic heterocycles.